The number of aromatic nitrogens is 4. The Kier molecular flexibility index (Phi) is 7.08. The van der Waals surface area contributed by atoms with Crippen LogP contribution in [-0.4, -0.2) is 51.1 Å². The first kappa shape index (κ1) is 23.2. The second-order valence-electron chi connectivity index (χ2n) is 7.15. The van der Waals surface area contributed by atoms with Gasteiger partial charge in [0.25, 0.3) is 5.91 Å². The molecule has 3 heterocycles. The third-order valence-corrected chi connectivity index (χ3v) is 5.83. The van der Waals surface area contributed by atoms with Gasteiger partial charge in [-0.15, -0.1) is 11.3 Å². The highest BCUT2D eigenvalue weighted by Gasteiger charge is 2.27. The molecule has 0 spiro atoms. The molecular formula is C21H25N5O5S. The number of methoxy groups -OCH3 is 1. The summed E-state index contributed by atoms with van der Waals surface area (Å²) in [6.07, 6.45) is 2.31. The lowest BCUT2D eigenvalue weighted by atomic mass is 10.1. The van der Waals surface area contributed by atoms with Crippen LogP contribution in [0.2, 0.25) is 0 Å². The maximum atomic E-state index is 12.8. The number of esters is 2. The Hall–Kier alpha value is -3.47. The van der Waals surface area contributed by atoms with Crippen LogP contribution in [0.25, 0.3) is 0 Å². The average molecular weight is 460 g/mol. The smallest absolute Gasteiger partial charge is 0.348 e. The number of amides is 1. The zero-order chi connectivity index (χ0) is 23.4. The molecule has 3 aromatic rings. The summed E-state index contributed by atoms with van der Waals surface area (Å²) in [6.45, 7) is 7.91. The molecular weight excluding hydrogens is 434 g/mol. The van der Waals surface area contributed by atoms with Crippen molar-refractivity contribution < 1.29 is 23.9 Å². The fourth-order valence-corrected chi connectivity index (χ4v) is 4.19. The van der Waals surface area contributed by atoms with E-state index in [0.717, 1.165) is 22.7 Å². The molecule has 32 heavy (non-hydrogen) atoms. The number of anilines is 1. The Morgan fingerprint density at radius 1 is 1.16 bits per heavy atom. The van der Waals surface area contributed by atoms with Gasteiger partial charge in [-0.05, 0) is 44.9 Å². The number of thiophene rings is 1. The summed E-state index contributed by atoms with van der Waals surface area (Å²) >= 11 is 0.962. The van der Waals surface area contributed by atoms with Crippen LogP contribution in [0, 0.1) is 20.8 Å². The van der Waals surface area contributed by atoms with E-state index in [1.165, 1.54) is 7.11 Å². The van der Waals surface area contributed by atoms with Crippen LogP contribution >= 0.6 is 11.3 Å². The van der Waals surface area contributed by atoms with Crippen LogP contribution in [0.3, 0.4) is 0 Å². The Bertz CT molecular complexity index is 1160. The predicted octanol–water partition coefficient (Wildman–Crippen LogP) is 3.18. The maximum Gasteiger partial charge on any atom is 0.348 e. The monoisotopic (exact) mass is 459 g/mol. The molecule has 0 aliphatic carbocycles. The lowest BCUT2D eigenvalue weighted by molar-refractivity contribution is 0.0506. The summed E-state index contributed by atoms with van der Waals surface area (Å²) in [5.74, 6) is -1.72. The van der Waals surface area contributed by atoms with Gasteiger partial charge < -0.3 is 14.8 Å². The van der Waals surface area contributed by atoms with E-state index in [4.69, 9.17) is 9.47 Å². The fraction of sp³-hybridized carbons (Fsp3) is 0.381. The SMILES string of the molecule is CCCOC(=O)c1c(NC(=O)c2ccn(Cn3nc(C)cc3C)n2)sc(C(=O)OC)c1C. The number of carbonyl (C=O) groups is 3. The van der Waals surface area contributed by atoms with Crippen LogP contribution in [0.15, 0.2) is 18.3 Å². The molecule has 0 atom stereocenters. The van der Waals surface area contributed by atoms with Crippen molar-refractivity contribution in [1.29, 1.82) is 0 Å². The van der Waals surface area contributed by atoms with Gasteiger partial charge in [-0.3, -0.25) is 9.48 Å². The predicted molar refractivity (Wildman–Crippen MR) is 118 cm³/mol. The second kappa shape index (κ2) is 9.77. The van der Waals surface area contributed by atoms with Gasteiger partial charge in [0, 0.05) is 11.9 Å². The minimum absolute atomic E-state index is 0.138. The topological polar surface area (TPSA) is 117 Å². The highest BCUT2D eigenvalue weighted by Crippen LogP contribution is 2.34. The third kappa shape index (κ3) is 4.88. The van der Waals surface area contributed by atoms with Gasteiger partial charge in [-0.1, -0.05) is 6.92 Å². The highest BCUT2D eigenvalue weighted by molar-refractivity contribution is 7.18. The Labute approximate surface area is 189 Å². The molecule has 0 aliphatic heterocycles. The molecule has 170 valence electrons. The van der Waals surface area contributed by atoms with E-state index in [1.54, 1.807) is 28.6 Å². The molecule has 3 aromatic heterocycles. The quantitative estimate of drug-likeness (QED) is 0.514. The molecule has 0 fully saturated rings. The van der Waals surface area contributed by atoms with E-state index >= 15 is 0 Å². The molecule has 0 aliphatic rings. The number of rotatable bonds is 8. The number of aryl methyl sites for hydroxylation is 2. The summed E-state index contributed by atoms with van der Waals surface area (Å²) in [5, 5.41) is 11.6. The van der Waals surface area contributed by atoms with E-state index in [1.807, 2.05) is 26.8 Å². The van der Waals surface area contributed by atoms with Gasteiger partial charge in [0.1, 0.15) is 16.5 Å². The largest absolute Gasteiger partial charge is 0.465 e. The minimum atomic E-state index is -0.610. The van der Waals surface area contributed by atoms with Crippen molar-refractivity contribution in [2.24, 2.45) is 0 Å². The summed E-state index contributed by atoms with van der Waals surface area (Å²) < 4.78 is 13.4. The molecule has 10 nitrogen and oxygen atoms in total. The van der Waals surface area contributed by atoms with E-state index in [0.29, 0.717) is 18.7 Å². The normalized spacial score (nSPS) is 10.8. The molecule has 0 saturated carbocycles. The van der Waals surface area contributed by atoms with Gasteiger partial charge in [0.15, 0.2) is 5.69 Å². The van der Waals surface area contributed by atoms with Crippen molar-refractivity contribution in [2.45, 2.75) is 40.8 Å². The number of hydrogen-bond acceptors (Lipinski definition) is 8. The maximum absolute atomic E-state index is 12.8. The highest BCUT2D eigenvalue weighted by atomic mass is 32.1. The third-order valence-electron chi connectivity index (χ3n) is 4.64. The van der Waals surface area contributed by atoms with E-state index in [-0.39, 0.29) is 27.7 Å². The molecule has 0 bridgehead atoms. The number of nitrogens with zero attached hydrogens (tertiary/aromatic N) is 4. The summed E-state index contributed by atoms with van der Waals surface area (Å²) in [4.78, 5) is 37.7. The van der Waals surface area contributed by atoms with Crippen LogP contribution in [-0.2, 0) is 16.1 Å². The van der Waals surface area contributed by atoms with Gasteiger partial charge in [0.05, 0.1) is 25.0 Å². The van der Waals surface area contributed by atoms with Crippen LogP contribution in [0.1, 0.15) is 60.8 Å². The first-order chi connectivity index (χ1) is 15.2. The zero-order valence-corrected chi connectivity index (χ0v) is 19.4. The Balaban J connectivity index is 1.83. The van der Waals surface area contributed by atoms with Crippen molar-refractivity contribution in [2.75, 3.05) is 19.0 Å². The molecule has 1 amide bonds. The van der Waals surface area contributed by atoms with Crippen LogP contribution < -0.4 is 5.32 Å². The molecule has 1 N–H and O–H groups in total. The lowest BCUT2D eigenvalue weighted by Crippen LogP contribution is -2.17. The summed E-state index contributed by atoms with van der Waals surface area (Å²) in [7, 11) is 1.25. The van der Waals surface area contributed by atoms with Crippen molar-refractivity contribution in [3.8, 4) is 0 Å². The van der Waals surface area contributed by atoms with Gasteiger partial charge in [0.2, 0.25) is 0 Å². The second-order valence-corrected chi connectivity index (χ2v) is 8.17. The molecule has 0 unspecified atom stereocenters. The molecule has 3 rings (SSSR count). The van der Waals surface area contributed by atoms with E-state index in [2.05, 4.69) is 15.5 Å². The molecule has 0 radical (unpaired) electrons. The number of hydrogen-bond donors (Lipinski definition) is 1. The van der Waals surface area contributed by atoms with Gasteiger partial charge in [-0.25, -0.2) is 14.3 Å². The van der Waals surface area contributed by atoms with Gasteiger partial charge in [-0.2, -0.15) is 10.2 Å². The zero-order valence-electron chi connectivity index (χ0n) is 18.6. The molecule has 0 saturated heterocycles. The van der Waals surface area contributed by atoms with Crippen LogP contribution in [0.5, 0.6) is 0 Å². The number of carbonyl (C=O) groups excluding carboxylic acids is 3. The van der Waals surface area contributed by atoms with Crippen molar-refractivity contribution in [3.05, 3.63) is 51.4 Å². The van der Waals surface area contributed by atoms with E-state index in [9.17, 15) is 14.4 Å². The molecule has 0 aromatic carbocycles. The van der Waals surface area contributed by atoms with Gasteiger partial charge >= 0.3 is 11.9 Å². The van der Waals surface area contributed by atoms with Crippen molar-refractivity contribution >= 4 is 34.2 Å². The first-order valence-corrected chi connectivity index (χ1v) is 10.8. The number of nitrogens with one attached hydrogen (secondary N) is 1. The van der Waals surface area contributed by atoms with E-state index < -0.39 is 17.8 Å². The summed E-state index contributed by atoms with van der Waals surface area (Å²) in [6, 6.07) is 3.52. The Morgan fingerprint density at radius 2 is 1.91 bits per heavy atom. The van der Waals surface area contributed by atoms with Crippen molar-refractivity contribution in [3.63, 3.8) is 0 Å². The molecule has 11 heteroatoms. The number of ether oxygens (including phenoxy) is 2. The summed E-state index contributed by atoms with van der Waals surface area (Å²) in [5.41, 5.74) is 2.56. The standard InChI is InChI=1S/C21H25N5O5S/c1-6-9-31-20(28)16-14(4)17(21(29)30-5)32-19(16)22-18(27)15-7-8-25(24-15)11-26-13(3)10-12(2)23-26/h7-8,10H,6,9,11H2,1-5H3,(H,22,27). The first-order valence-electron chi connectivity index (χ1n) is 9.99. The average Bonchev–Trinajstić information content (AvgIpc) is 3.43. The minimum Gasteiger partial charge on any atom is -0.465 e. The Morgan fingerprint density at radius 3 is 2.53 bits per heavy atom. The van der Waals surface area contributed by atoms with Crippen molar-refractivity contribution in [1.82, 2.24) is 19.6 Å². The van der Waals surface area contributed by atoms with Crippen LogP contribution in [0.4, 0.5) is 5.00 Å². The lowest BCUT2D eigenvalue weighted by Gasteiger charge is -2.07. The fourth-order valence-electron chi connectivity index (χ4n) is 3.09.